The number of hydrogen-bond acceptors (Lipinski definition) is 4. The summed E-state index contributed by atoms with van der Waals surface area (Å²) in [6.45, 7) is 7.41. The van der Waals surface area contributed by atoms with Crippen molar-refractivity contribution >= 4 is 17.5 Å². The Morgan fingerprint density at radius 2 is 2.10 bits per heavy atom. The second-order valence-corrected chi connectivity index (χ2v) is 6.15. The Bertz CT molecular complexity index is 472. The van der Waals surface area contributed by atoms with Crippen LogP contribution in [0.2, 0.25) is 5.15 Å². The van der Waals surface area contributed by atoms with Crippen LogP contribution in [0.15, 0.2) is 12.1 Å². The van der Waals surface area contributed by atoms with Crippen molar-refractivity contribution in [1.82, 2.24) is 10.3 Å². The number of aromatic nitrogens is 1. The lowest BCUT2D eigenvalue weighted by Crippen LogP contribution is -2.26. The van der Waals surface area contributed by atoms with Crippen LogP contribution >= 0.6 is 11.6 Å². The lowest BCUT2D eigenvalue weighted by atomic mass is 9.91. The molecular weight excluding hydrogens is 292 g/mol. The Morgan fingerprint density at radius 1 is 1.38 bits per heavy atom. The zero-order valence-corrected chi connectivity index (χ0v) is 13.5. The molecule has 0 fully saturated rings. The van der Waals surface area contributed by atoms with Gasteiger partial charge in [0.1, 0.15) is 5.15 Å². The zero-order valence-electron chi connectivity index (χ0n) is 12.8. The molecule has 21 heavy (non-hydrogen) atoms. The minimum atomic E-state index is -0.174. The standard InChI is InChI=1S/C15H23ClN2O3/c1-15(2,3)12-9-11(10-13(16)18-12)14(20)17-5-4-7-21-8-6-19/h9-10,19H,4-8H2,1-3H3,(H,17,20). The van der Waals surface area contributed by atoms with Crippen LogP contribution in [0.3, 0.4) is 0 Å². The molecule has 2 N–H and O–H groups in total. The van der Waals surface area contributed by atoms with Crippen LogP contribution in [0, 0.1) is 0 Å². The maximum absolute atomic E-state index is 12.1. The maximum Gasteiger partial charge on any atom is 0.251 e. The molecule has 0 aromatic carbocycles. The van der Waals surface area contributed by atoms with Crippen LogP contribution in [0.4, 0.5) is 0 Å². The molecule has 0 spiro atoms. The van der Waals surface area contributed by atoms with Crippen LogP contribution in [0.5, 0.6) is 0 Å². The zero-order chi connectivity index (χ0) is 15.9. The average molecular weight is 315 g/mol. The van der Waals surface area contributed by atoms with E-state index >= 15 is 0 Å². The van der Waals surface area contributed by atoms with Crippen molar-refractivity contribution in [2.45, 2.75) is 32.6 Å². The summed E-state index contributed by atoms with van der Waals surface area (Å²) < 4.78 is 5.12. The number of aliphatic hydroxyl groups is 1. The van der Waals surface area contributed by atoms with Crippen molar-refractivity contribution in [3.05, 3.63) is 28.5 Å². The van der Waals surface area contributed by atoms with Gasteiger partial charge in [-0.1, -0.05) is 32.4 Å². The van der Waals surface area contributed by atoms with E-state index in [4.69, 9.17) is 21.4 Å². The maximum atomic E-state index is 12.1. The summed E-state index contributed by atoms with van der Waals surface area (Å²) in [6.07, 6.45) is 0.691. The highest BCUT2D eigenvalue weighted by atomic mass is 35.5. The molecule has 1 rings (SSSR count). The Balaban J connectivity index is 2.56. The van der Waals surface area contributed by atoms with E-state index in [0.717, 1.165) is 5.69 Å². The van der Waals surface area contributed by atoms with E-state index in [-0.39, 0.29) is 17.9 Å². The molecule has 0 aliphatic carbocycles. The van der Waals surface area contributed by atoms with Gasteiger partial charge in [0.25, 0.3) is 5.91 Å². The van der Waals surface area contributed by atoms with E-state index in [0.29, 0.717) is 36.9 Å². The molecule has 0 saturated carbocycles. The van der Waals surface area contributed by atoms with Crippen molar-refractivity contribution in [3.8, 4) is 0 Å². The number of carbonyl (C=O) groups excluding carboxylic acids is 1. The first-order chi connectivity index (χ1) is 9.84. The van der Waals surface area contributed by atoms with Crippen LogP contribution in [0.25, 0.3) is 0 Å². The van der Waals surface area contributed by atoms with Gasteiger partial charge in [-0.3, -0.25) is 4.79 Å². The van der Waals surface area contributed by atoms with Crippen LogP contribution in [-0.2, 0) is 10.2 Å². The van der Waals surface area contributed by atoms with E-state index in [9.17, 15) is 4.79 Å². The van der Waals surface area contributed by atoms with Gasteiger partial charge < -0.3 is 15.2 Å². The van der Waals surface area contributed by atoms with Crippen LogP contribution in [0.1, 0.15) is 43.2 Å². The van der Waals surface area contributed by atoms with Gasteiger partial charge >= 0.3 is 0 Å². The topological polar surface area (TPSA) is 71.5 Å². The Labute approximate surface area is 130 Å². The summed E-state index contributed by atoms with van der Waals surface area (Å²) >= 11 is 5.98. The minimum absolute atomic E-state index is 0.0114. The molecule has 1 amide bonds. The molecule has 0 unspecified atom stereocenters. The van der Waals surface area contributed by atoms with Crippen molar-refractivity contribution < 1.29 is 14.6 Å². The Morgan fingerprint density at radius 3 is 2.71 bits per heavy atom. The summed E-state index contributed by atoms with van der Waals surface area (Å²) in [7, 11) is 0. The fourth-order valence-corrected chi connectivity index (χ4v) is 1.87. The minimum Gasteiger partial charge on any atom is -0.394 e. The van der Waals surface area contributed by atoms with Gasteiger partial charge in [0.2, 0.25) is 0 Å². The molecule has 5 nitrogen and oxygen atoms in total. The molecule has 1 heterocycles. The number of amides is 1. The van der Waals surface area contributed by atoms with Gasteiger partial charge in [0.05, 0.1) is 13.2 Å². The predicted molar refractivity (Wildman–Crippen MR) is 82.8 cm³/mol. The summed E-state index contributed by atoms with van der Waals surface area (Å²) in [6, 6.07) is 3.33. The largest absolute Gasteiger partial charge is 0.394 e. The molecule has 0 saturated heterocycles. The summed E-state index contributed by atoms with van der Waals surface area (Å²) in [5.74, 6) is -0.174. The molecule has 118 valence electrons. The fourth-order valence-electron chi connectivity index (χ4n) is 1.66. The fraction of sp³-hybridized carbons (Fsp3) is 0.600. The first-order valence-electron chi connectivity index (χ1n) is 6.99. The number of hydrogen-bond donors (Lipinski definition) is 2. The van der Waals surface area contributed by atoms with Gasteiger partial charge in [0.15, 0.2) is 0 Å². The number of pyridine rings is 1. The average Bonchev–Trinajstić information content (AvgIpc) is 2.40. The molecule has 0 bridgehead atoms. The molecular formula is C15H23ClN2O3. The number of halogens is 1. The van der Waals surface area contributed by atoms with Crippen molar-refractivity contribution in [2.75, 3.05) is 26.4 Å². The normalized spacial score (nSPS) is 11.5. The first kappa shape index (κ1) is 17.9. The number of ether oxygens (including phenoxy) is 1. The highest BCUT2D eigenvalue weighted by Gasteiger charge is 2.18. The second-order valence-electron chi connectivity index (χ2n) is 5.76. The number of rotatable bonds is 7. The molecule has 0 aliphatic rings. The van der Waals surface area contributed by atoms with Crippen LogP contribution in [-0.4, -0.2) is 42.4 Å². The van der Waals surface area contributed by atoms with E-state index in [1.165, 1.54) is 0 Å². The van der Waals surface area contributed by atoms with Gasteiger partial charge in [-0.2, -0.15) is 0 Å². The van der Waals surface area contributed by atoms with Gasteiger partial charge in [-0.25, -0.2) is 4.98 Å². The smallest absolute Gasteiger partial charge is 0.251 e. The third-order valence-corrected chi connectivity index (χ3v) is 3.00. The van der Waals surface area contributed by atoms with Gasteiger partial charge in [0, 0.05) is 29.8 Å². The monoisotopic (exact) mass is 314 g/mol. The summed E-state index contributed by atoms with van der Waals surface area (Å²) in [5, 5.41) is 11.7. The summed E-state index contributed by atoms with van der Waals surface area (Å²) in [4.78, 5) is 16.3. The highest BCUT2D eigenvalue weighted by molar-refractivity contribution is 6.29. The first-order valence-corrected chi connectivity index (χ1v) is 7.37. The third-order valence-electron chi connectivity index (χ3n) is 2.81. The van der Waals surface area contributed by atoms with E-state index in [1.807, 2.05) is 20.8 Å². The Hall–Kier alpha value is -1.17. The predicted octanol–water partition coefficient (Wildman–Crippen LogP) is 2.16. The van der Waals surface area contributed by atoms with Gasteiger partial charge in [-0.05, 0) is 18.6 Å². The quantitative estimate of drug-likeness (QED) is 0.597. The number of nitrogens with zero attached hydrogens (tertiary/aromatic N) is 1. The van der Waals surface area contributed by atoms with Gasteiger partial charge in [-0.15, -0.1) is 0 Å². The molecule has 1 aromatic heterocycles. The van der Waals surface area contributed by atoms with Crippen molar-refractivity contribution in [3.63, 3.8) is 0 Å². The van der Waals surface area contributed by atoms with Crippen molar-refractivity contribution in [1.29, 1.82) is 0 Å². The molecule has 0 radical (unpaired) electrons. The number of carbonyl (C=O) groups is 1. The number of nitrogens with one attached hydrogen (secondary N) is 1. The molecule has 6 heteroatoms. The molecule has 0 atom stereocenters. The van der Waals surface area contributed by atoms with E-state index < -0.39 is 0 Å². The summed E-state index contributed by atoms with van der Waals surface area (Å²) in [5.41, 5.74) is 1.13. The second kappa shape index (κ2) is 8.32. The molecule has 0 aliphatic heterocycles. The molecule has 1 aromatic rings. The number of aliphatic hydroxyl groups excluding tert-OH is 1. The van der Waals surface area contributed by atoms with E-state index in [1.54, 1.807) is 12.1 Å². The van der Waals surface area contributed by atoms with E-state index in [2.05, 4.69) is 10.3 Å². The Kier molecular flexibility index (Phi) is 7.08. The lowest BCUT2D eigenvalue weighted by Gasteiger charge is -2.18. The SMILES string of the molecule is CC(C)(C)c1cc(C(=O)NCCCOCCO)cc(Cl)n1. The highest BCUT2D eigenvalue weighted by Crippen LogP contribution is 2.23. The van der Waals surface area contributed by atoms with Crippen LogP contribution < -0.4 is 5.32 Å². The van der Waals surface area contributed by atoms with Crippen molar-refractivity contribution in [2.24, 2.45) is 0 Å². The lowest BCUT2D eigenvalue weighted by molar-refractivity contribution is 0.0867. The third kappa shape index (κ3) is 6.42.